The van der Waals surface area contributed by atoms with E-state index in [4.69, 9.17) is 0 Å². The van der Waals surface area contributed by atoms with Gasteiger partial charge in [-0.25, -0.2) is 4.98 Å². The molecule has 0 atom stereocenters. The third-order valence-electron chi connectivity index (χ3n) is 3.65. The van der Waals surface area contributed by atoms with Crippen molar-refractivity contribution in [3.05, 3.63) is 58.6 Å². The molecule has 0 unspecified atom stereocenters. The van der Waals surface area contributed by atoms with Gasteiger partial charge in [-0.2, -0.15) is 0 Å². The van der Waals surface area contributed by atoms with Crippen LogP contribution in [0.15, 0.2) is 42.5 Å². The summed E-state index contributed by atoms with van der Waals surface area (Å²) in [6.45, 7) is 1.76. The number of thiazole rings is 1. The van der Waals surface area contributed by atoms with Gasteiger partial charge >= 0.3 is 0 Å². The summed E-state index contributed by atoms with van der Waals surface area (Å²) < 4.78 is 0. The molecule has 1 N–H and O–H groups in total. The van der Waals surface area contributed by atoms with E-state index in [2.05, 4.69) is 10.3 Å². The van der Waals surface area contributed by atoms with E-state index in [1.165, 1.54) is 16.2 Å². The summed E-state index contributed by atoms with van der Waals surface area (Å²) in [5, 5.41) is 5.12. The second-order valence-electron chi connectivity index (χ2n) is 5.61. The van der Waals surface area contributed by atoms with Crippen molar-refractivity contribution >= 4 is 39.1 Å². The molecular weight excluding hydrogens is 322 g/mol. The quantitative estimate of drug-likeness (QED) is 0.793. The Morgan fingerprint density at radius 1 is 1.08 bits per heavy atom. The Morgan fingerprint density at radius 3 is 2.54 bits per heavy atom. The van der Waals surface area contributed by atoms with Crippen LogP contribution < -0.4 is 5.32 Å². The van der Waals surface area contributed by atoms with Crippen LogP contribution in [0.1, 0.15) is 25.7 Å². The number of aryl methyl sites for hydroxylation is 1. The molecule has 0 saturated heterocycles. The molecule has 0 saturated carbocycles. The van der Waals surface area contributed by atoms with E-state index in [0.717, 1.165) is 10.8 Å². The van der Waals surface area contributed by atoms with Gasteiger partial charge in [0.2, 0.25) is 0 Å². The van der Waals surface area contributed by atoms with Crippen molar-refractivity contribution in [3.63, 3.8) is 0 Å². The Labute approximate surface area is 143 Å². The monoisotopic (exact) mass is 339 g/mol. The Balaban J connectivity index is 1.90. The number of aromatic nitrogens is 1. The van der Waals surface area contributed by atoms with Gasteiger partial charge in [-0.1, -0.05) is 47.7 Å². The number of benzene rings is 2. The van der Waals surface area contributed by atoms with Gasteiger partial charge in [0.05, 0.1) is 5.69 Å². The molecule has 1 aromatic heterocycles. The molecule has 0 fully saturated rings. The van der Waals surface area contributed by atoms with Gasteiger partial charge in [0.15, 0.2) is 5.13 Å². The van der Waals surface area contributed by atoms with E-state index in [1.807, 2.05) is 36.4 Å². The lowest BCUT2D eigenvalue weighted by molar-refractivity contribution is 0.0831. The minimum absolute atomic E-state index is 0.115. The average Bonchev–Trinajstić information content (AvgIpc) is 2.93. The van der Waals surface area contributed by atoms with Crippen molar-refractivity contribution in [1.29, 1.82) is 0 Å². The summed E-state index contributed by atoms with van der Waals surface area (Å²) in [5.74, 6) is -0.347. The fourth-order valence-electron chi connectivity index (χ4n) is 2.44. The third-order valence-corrected chi connectivity index (χ3v) is 4.71. The van der Waals surface area contributed by atoms with Gasteiger partial charge in [-0.3, -0.25) is 14.9 Å². The smallest absolute Gasteiger partial charge is 0.265 e. The highest BCUT2D eigenvalue weighted by molar-refractivity contribution is 7.17. The molecule has 1 heterocycles. The molecule has 0 aliphatic heterocycles. The molecule has 0 aliphatic carbocycles. The first-order valence-corrected chi connectivity index (χ1v) is 8.27. The zero-order chi connectivity index (χ0) is 17.3. The highest BCUT2D eigenvalue weighted by Gasteiger charge is 2.19. The van der Waals surface area contributed by atoms with Gasteiger partial charge in [-0.15, -0.1) is 0 Å². The topological polar surface area (TPSA) is 62.3 Å². The van der Waals surface area contributed by atoms with Crippen molar-refractivity contribution in [2.24, 2.45) is 0 Å². The maximum Gasteiger partial charge on any atom is 0.265 e. The van der Waals surface area contributed by atoms with E-state index in [0.29, 0.717) is 21.3 Å². The fraction of sp³-hybridized carbons (Fsp3) is 0.167. The fourth-order valence-corrected chi connectivity index (χ4v) is 3.42. The standard InChI is InChI=1S/C18H17N3O2S/c1-11-15(17(23)21(2)3)24-18(19-11)20-16(22)14-10-6-8-12-7-4-5-9-13(12)14/h4-10H,1-3H3,(H,19,20,22). The molecule has 24 heavy (non-hydrogen) atoms. The van der Waals surface area contributed by atoms with Gasteiger partial charge in [0.1, 0.15) is 4.88 Å². The van der Waals surface area contributed by atoms with E-state index in [-0.39, 0.29) is 11.8 Å². The van der Waals surface area contributed by atoms with E-state index in [1.54, 1.807) is 27.1 Å². The first-order valence-electron chi connectivity index (χ1n) is 7.45. The molecular formula is C18H17N3O2S. The number of fused-ring (bicyclic) bond motifs is 1. The van der Waals surface area contributed by atoms with Crippen molar-refractivity contribution in [2.75, 3.05) is 19.4 Å². The SMILES string of the molecule is Cc1nc(NC(=O)c2cccc3ccccc23)sc1C(=O)N(C)C. The van der Waals surface area contributed by atoms with Crippen LogP contribution in [-0.4, -0.2) is 35.8 Å². The maximum atomic E-state index is 12.6. The predicted octanol–water partition coefficient (Wildman–Crippen LogP) is 3.56. The molecule has 5 nitrogen and oxygen atoms in total. The number of hydrogen-bond acceptors (Lipinski definition) is 4. The zero-order valence-corrected chi connectivity index (χ0v) is 14.5. The normalized spacial score (nSPS) is 10.6. The summed E-state index contributed by atoms with van der Waals surface area (Å²) in [6.07, 6.45) is 0. The van der Waals surface area contributed by atoms with Crippen LogP contribution in [0.25, 0.3) is 10.8 Å². The Kier molecular flexibility index (Phi) is 4.31. The number of amides is 2. The molecule has 0 bridgehead atoms. The number of rotatable bonds is 3. The van der Waals surface area contributed by atoms with Crippen LogP contribution in [0.5, 0.6) is 0 Å². The Hall–Kier alpha value is -2.73. The average molecular weight is 339 g/mol. The van der Waals surface area contributed by atoms with Crippen LogP contribution in [0.4, 0.5) is 5.13 Å². The summed E-state index contributed by atoms with van der Waals surface area (Å²) in [7, 11) is 3.38. The number of hydrogen-bond donors (Lipinski definition) is 1. The Morgan fingerprint density at radius 2 is 1.79 bits per heavy atom. The summed E-state index contributed by atoms with van der Waals surface area (Å²) in [4.78, 5) is 31.0. The molecule has 2 amide bonds. The molecule has 2 aromatic carbocycles. The van der Waals surface area contributed by atoms with Crippen molar-refractivity contribution in [2.45, 2.75) is 6.92 Å². The molecule has 0 radical (unpaired) electrons. The van der Waals surface area contributed by atoms with Crippen LogP contribution in [0.3, 0.4) is 0 Å². The summed E-state index contributed by atoms with van der Waals surface area (Å²) in [5.41, 5.74) is 1.20. The lowest BCUT2D eigenvalue weighted by atomic mass is 10.0. The Bertz CT molecular complexity index is 926. The summed E-state index contributed by atoms with van der Waals surface area (Å²) in [6, 6.07) is 13.3. The minimum atomic E-state index is -0.232. The number of nitrogens with zero attached hydrogens (tertiary/aromatic N) is 2. The van der Waals surface area contributed by atoms with E-state index >= 15 is 0 Å². The van der Waals surface area contributed by atoms with Gasteiger partial charge in [-0.05, 0) is 23.8 Å². The number of nitrogens with one attached hydrogen (secondary N) is 1. The molecule has 0 aliphatic rings. The molecule has 3 rings (SSSR count). The number of carbonyl (C=O) groups excluding carboxylic acids is 2. The summed E-state index contributed by atoms with van der Waals surface area (Å²) >= 11 is 1.19. The third kappa shape index (κ3) is 3.00. The predicted molar refractivity (Wildman–Crippen MR) is 96.8 cm³/mol. The highest BCUT2D eigenvalue weighted by Crippen LogP contribution is 2.25. The second kappa shape index (κ2) is 6.41. The van der Waals surface area contributed by atoms with Crippen LogP contribution in [0.2, 0.25) is 0 Å². The number of anilines is 1. The largest absolute Gasteiger partial charge is 0.344 e. The van der Waals surface area contributed by atoms with Gasteiger partial charge in [0.25, 0.3) is 11.8 Å². The molecule has 3 aromatic rings. The van der Waals surface area contributed by atoms with Gasteiger partial charge < -0.3 is 4.90 Å². The first kappa shape index (κ1) is 16.1. The van der Waals surface area contributed by atoms with Crippen LogP contribution >= 0.6 is 11.3 Å². The van der Waals surface area contributed by atoms with E-state index < -0.39 is 0 Å². The first-order chi connectivity index (χ1) is 11.5. The van der Waals surface area contributed by atoms with Crippen LogP contribution in [0, 0.1) is 6.92 Å². The number of carbonyl (C=O) groups is 2. The van der Waals surface area contributed by atoms with Crippen molar-refractivity contribution < 1.29 is 9.59 Å². The molecule has 6 heteroatoms. The van der Waals surface area contributed by atoms with Crippen molar-refractivity contribution in [3.8, 4) is 0 Å². The zero-order valence-electron chi connectivity index (χ0n) is 13.7. The lowest BCUT2D eigenvalue weighted by Gasteiger charge is -2.08. The minimum Gasteiger partial charge on any atom is -0.344 e. The van der Waals surface area contributed by atoms with Crippen LogP contribution in [-0.2, 0) is 0 Å². The lowest BCUT2D eigenvalue weighted by Crippen LogP contribution is -2.21. The molecule has 122 valence electrons. The van der Waals surface area contributed by atoms with Gasteiger partial charge in [0, 0.05) is 19.7 Å². The maximum absolute atomic E-state index is 12.6. The highest BCUT2D eigenvalue weighted by atomic mass is 32.1. The van der Waals surface area contributed by atoms with E-state index in [9.17, 15) is 9.59 Å². The van der Waals surface area contributed by atoms with Crippen molar-refractivity contribution in [1.82, 2.24) is 9.88 Å². The second-order valence-corrected chi connectivity index (χ2v) is 6.61. The molecule has 0 spiro atoms.